The third-order valence-corrected chi connectivity index (χ3v) is 4.22. The lowest BCUT2D eigenvalue weighted by atomic mass is 10.1. The fraction of sp³-hybridized carbons (Fsp3) is 0.333. The van der Waals surface area contributed by atoms with Crippen LogP contribution in [-0.4, -0.2) is 23.8 Å². The summed E-state index contributed by atoms with van der Waals surface area (Å²) >= 11 is 17.9. The van der Waals surface area contributed by atoms with E-state index < -0.39 is 13.9 Å². The van der Waals surface area contributed by atoms with E-state index in [1.807, 2.05) is 6.07 Å². The number of nitrogens with zero attached hydrogens (tertiary/aromatic N) is 2. The van der Waals surface area contributed by atoms with Crippen molar-refractivity contribution in [1.29, 1.82) is 0 Å². The van der Waals surface area contributed by atoms with Crippen LogP contribution in [0.25, 0.3) is 10.9 Å². The molecule has 114 valence electrons. The van der Waals surface area contributed by atoms with Crippen LogP contribution in [0, 0.1) is 0 Å². The maximum Gasteiger partial charge on any atom is 0.265 e. The molecule has 21 heavy (non-hydrogen) atoms. The van der Waals surface area contributed by atoms with Crippen LogP contribution >= 0.6 is 34.8 Å². The molecule has 0 aliphatic rings. The summed E-state index contributed by atoms with van der Waals surface area (Å²) in [5.41, 5.74) is 1.10. The van der Waals surface area contributed by atoms with Crippen molar-refractivity contribution in [3.8, 4) is 0 Å². The number of fused-ring (bicyclic) bond motifs is 1. The highest BCUT2D eigenvalue weighted by atomic mass is 35.6. The van der Waals surface area contributed by atoms with Crippen LogP contribution < -0.4 is 4.68 Å². The normalized spacial score (nSPS) is 12.8. The number of benzene rings is 1. The summed E-state index contributed by atoms with van der Waals surface area (Å²) in [4.78, 5) is 0. The second-order valence-electron chi connectivity index (χ2n) is 4.46. The van der Waals surface area contributed by atoms with Crippen molar-refractivity contribution in [2.45, 2.75) is 16.8 Å². The molecule has 1 heterocycles. The highest BCUT2D eigenvalue weighted by molar-refractivity contribution is 7.85. The topological polar surface area (TPSA) is 71.1 Å². The van der Waals surface area contributed by atoms with Crippen molar-refractivity contribution in [3.05, 3.63) is 36.0 Å². The standard InChI is InChI=1S/C12H11Cl3N2O3S/c13-12(14,15)10-8-17(6-3-7-21(18,19)20)16-11-5-2-1-4-9(10)11/h1-2,4-5,8H,3,6-7H2/p+1. The molecule has 0 fully saturated rings. The van der Waals surface area contributed by atoms with E-state index in [2.05, 4.69) is 5.10 Å². The Morgan fingerprint density at radius 1 is 1.24 bits per heavy atom. The third-order valence-electron chi connectivity index (χ3n) is 2.80. The maximum atomic E-state index is 10.7. The van der Waals surface area contributed by atoms with Crippen LogP contribution in [-0.2, 0) is 20.5 Å². The summed E-state index contributed by atoms with van der Waals surface area (Å²) in [6, 6.07) is 7.18. The summed E-state index contributed by atoms with van der Waals surface area (Å²) in [5.74, 6) is -0.350. The average molecular weight is 371 g/mol. The molecular formula is C12H12Cl3N2O3S+. The minimum absolute atomic E-state index is 0.203. The van der Waals surface area contributed by atoms with Gasteiger partial charge in [-0.25, -0.2) is 0 Å². The van der Waals surface area contributed by atoms with E-state index in [0.717, 1.165) is 0 Å². The predicted molar refractivity (Wildman–Crippen MR) is 82.2 cm³/mol. The zero-order valence-corrected chi connectivity index (χ0v) is 13.8. The van der Waals surface area contributed by atoms with Crippen LogP contribution in [0.2, 0.25) is 0 Å². The largest absolute Gasteiger partial charge is 0.286 e. The zero-order valence-electron chi connectivity index (χ0n) is 10.7. The highest BCUT2D eigenvalue weighted by Crippen LogP contribution is 2.40. The lowest BCUT2D eigenvalue weighted by molar-refractivity contribution is -0.751. The molecule has 1 aromatic carbocycles. The molecule has 1 aromatic heterocycles. The van der Waals surface area contributed by atoms with Gasteiger partial charge in [-0.3, -0.25) is 4.55 Å². The van der Waals surface area contributed by atoms with Gasteiger partial charge in [0.2, 0.25) is 9.99 Å². The Morgan fingerprint density at radius 2 is 1.90 bits per heavy atom. The number of hydrogen-bond donors (Lipinski definition) is 1. The van der Waals surface area contributed by atoms with E-state index in [0.29, 0.717) is 16.5 Å². The Kier molecular flexibility index (Phi) is 4.95. The maximum absolute atomic E-state index is 10.7. The third kappa shape index (κ3) is 4.66. The van der Waals surface area contributed by atoms with E-state index in [4.69, 9.17) is 39.4 Å². The lowest BCUT2D eigenvalue weighted by Crippen LogP contribution is -2.39. The van der Waals surface area contributed by atoms with Crippen LogP contribution in [0.15, 0.2) is 30.5 Å². The van der Waals surface area contributed by atoms with Crippen molar-refractivity contribution < 1.29 is 17.7 Å². The summed E-state index contributed by atoms with van der Waals surface area (Å²) in [5, 5.41) is 5.04. The molecule has 0 aliphatic heterocycles. The Bertz CT molecular complexity index is 760. The summed E-state index contributed by atoms with van der Waals surface area (Å²) in [6.07, 6.45) is 1.77. The van der Waals surface area contributed by atoms with Gasteiger partial charge in [0, 0.05) is 16.9 Å². The van der Waals surface area contributed by atoms with Gasteiger partial charge in [0.1, 0.15) is 5.52 Å². The van der Waals surface area contributed by atoms with Crippen LogP contribution in [0.3, 0.4) is 0 Å². The molecular weight excluding hydrogens is 359 g/mol. The molecule has 0 radical (unpaired) electrons. The SMILES string of the molecule is O=S(=O)(O)CCC[n+]1cc(C(Cl)(Cl)Cl)c2ccccc2n1. The summed E-state index contributed by atoms with van der Waals surface area (Å²) in [6.45, 7) is 0.276. The van der Waals surface area contributed by atoms with Crippen LogP contribution in [0.5, 0.6) is 0 Å². The first-order valence-corrected chi connectivity index (χ1v) is 8.73. The molecule has 9 heteroatoms. The number of aryl methyl sites for hydroxylation is 1. The molecule has 0 spiro atoms. The first kappa shape index (κ1) is 16.7. The van der Waals surface area contributed by atoms with E-state index in [-0.39, 0.29) is 18.7 Å². The van der Waals surface area contributed by atoms with Crippen molar-refractivity contribution >= 4 is 55.8 Å². The quantitative estimate of drug-likeness (QED) is 0.510. The molecule has 2 rings (SSSR count). The molecule has 0 aliphatic carbocycles. The monoisotopic (exact) mass is 369 g/mol. The molecule has 5 nitrogen and oxygen atoms in total. The van der Waals surface area contributed by atoms with Gasteiger partial charge in [-0.1, -0.05) is 57.7 Å². The van der Waals surface area contributed by atoms with E-state index in [9.17, 15) is 8.42 Å². The number of hydrogen-bond acceptors (Lipinski definition) is 3. The van der Waals surface area contributed by atoms with Crippen molar-refractivity contribution in [3.63, 3.8) is 0 Å². The minimum Gasteiger partial charge on any atom is -0.286 e. The predicted octanol–water partition coefficient (Wildman–Crippen LogP) is 2.63. The van der Waals surface area contributed by atoms with E-state index in [1.54, 1.807) is 24.4 Å². The van der Waals surface area contributed by atoms with Crippen LogP contribution in [0.4, 0.5) is 0 Å². The number of rotatable bonds is 4. The van der Waals surface area contributed by atoms with Gasteiger partial charge in [0.25, 0.3) is 10.1 Å². The molecule has 0 atom stereocenters. The van der Waals surface area contributed by atoms with Gasteiger partial charge in [-0.15, -0.1) is 0 Å². The van der Waals surface area contributed by atoms with E-state index >= 15 is 0 Å². The van der Waals surface area contributed by atoms with Gasteiger partial charge < -0.3 is 0 Å². The Hall–Kier alpha value is -0.660. The molecule has 0 bridgehead atoms. The summed E-state index contributed by atoms with van der Waals surface area (Å²) < 4.78 is 30.1. The number of aromatic nitrogens is 2. The molecule has 0 unspecified atom stereocenters. The van der Waals surface area contributed by atoms with E-state index in [1.165, 1.54) is 4.68 Å². The summed E-state index contributed by atoms with van der Waals surface area (Å²) in [7, 11) is -3.99. The van der Waals surface area contributed by atoms with Gasteiger partial charge in [-0.05, 0) is 6.07 Å². The average Bonchev–Trinajstić information content (AvgIpc) is 2.35. The first-order valence-electron chi connectivity index (χ1n) is 5.99. The second-order valence-corrected chi connectivity index (χ2v) is 8.31. The first-order chi connectivity index (χ1) is 9.67. The smallest absolute Gasteiger partial charge is 0.265 e. The molecule has 1 N–H and O–H groups in total. The molecule has 2 aromatic rings. The fourth-order valence-corrected chi connectivity index (χ4v) is 2.87. The zero-order chi connectivity index (χ0) is 15.7. The Labute approximate surface area is 137 Å². The number of halogens is 3. The van der Waals surface area contributed by atoms with Gasteiger partial charge in [0.05, 0.1) is 11.3 Å². The van der Waals surface area contributed by atoms with Gasteiger partial charge >= 0.3 is 0 Å². The van der Waals surface area contributed by atoms with Gasteiger partial charge in [0.15, 0.2) is 6.54 Å². The van der Waals surface area contributed by atoms with Crippen LogP contribution in [0.1, 0.15) is 12.0 Å². The molecule has 0 saturated carbocycles. The fourth-order valence-electron chi connectivity index (χ4n) is 1.92. The van der Waals surface area contributed by atoms with Crippen molar-refractivity contribution in [2.75, 3.05) is 5.75 Å². The lowest BCUT2D eigenvalue weighted by Gasteiger charge is -2.11. The molecule has 0 saturated heterocycles. The highest BCUT2D eigenvalue weighted by Gasteiger charge is 2.29. The minimum atomic E-state index is -3.99. The Morgan fingerprint density at radius 3 is 2.52 bits per heavy atom. The number of alkyl halides is 3. The Balaban J connectivity index is 2.38. The van der Waals surface area contributed by atoms with Crippen molar-refractivity contribution in [2.24, 2.45) is 0 Å². The molecule has 0 amide bonds. The second kappa shape index (κ2) is 6.22. The van der Waals surface area contributed by atoms with Crippen molar-refractivity contribution in [1.82, 2.24) is 5.10 Å². The van der Waals surface area contributed by atoms with Gasteiger partial charge in [-0.2, -0.15) is 8.42 Å².